The van der Waals surface area contributed by atoms with Crippen molar-refractivity contribution in [2.75, 3.05) is 18.0 Å². The quantitative estimate of drug-likeness (QED) is 0.364. The van der Waals surface area contributed by atoms with Gasteiger partial charge in [-0.05, 0) is 42.3 Å². The Morgan fingerprint density at radius 3 is 2.61 bits per heavy atom. The fourth-order valence-electron chi connectivity index (χ4n) is 4.17. The van der Waals surface area contributed by atoms with Crippen molar-refractivity contribution in [3.8, 4) is 11.5 Å². The van der Waals surface area contributed by atoms with Gasteiger partial charge in [-0.1, -0.05) is 36.5 Å². The second kappa shape index (κ2) is 10.4. The van der Waals surface area contributed by atoms with Gasteiger partial charge in [0.2, 0.25) is 0 Å². The Bertz CT molecular complexity index is 1420. The summed E-state index contributed by atoms with van der Waals surface area (Å²) < 4.78 is 12.4. The molecule has 0 bridgehead atoms. The molecule has 4 aromatic rings. The molecular weight excluding hydrogens is 480 g/mol. The fraction of sp³-hybridized carbons (Fsp3) is 0.308. The van der Waals surface area contributed by atoms with Crippen LogP contribution in [0.2, 0.25) is 0 Å². The number of carbonyl (C=O) groups is 1. The lowest BCUT2D eigenvalue weighted by Crippen LogP contribution is -2.38. The van der Waals surface area contributed by atoms with Gasteiger partial charge in [-0.2, -0.15) is 4.98 Å². The summed E-state index contributed by atoms with van der Waals surface area (Å²) in [7, 11) is 0. The Hall–Kier alpha value is -3.92. The van der Waals surface area contributed by atoms with Crippen LogP contribution in [-0.2, 0) is 13.0 Å². The van der Waals surface area contributed by atoms with Crippen molar-refractivity contribution in [1.29, 1.82) is 0 Å². The van der Waals surface area contributed by atoms with Gasteiger partial charge in [0.25, 0.3) is 5.56 Å². The van der Waals surface area contributed by atoms with Gasteiger partial charge in [0.1, 0.15) is 34.7 Å². The second-order valence-corrected chi connectivity index (χ2v) is 9.52. The first kappa shape index (κ1) is 23.8. The Balaban J connectivity index is 1.23. The molecule has 10 heteroatoms. The summed E-state index contributed by atoms with van der Waals surface area (Å²) in [5, 5.41) is 9.77. The maximum Gasteiger partial charge on any atom is 0.335 e. The minimum absolute atomic E-state index is 0.0342. The van der Waals surface area contributed by atoms with E-state index in [2.05, 4.69) is 32.8 Å². The molecule has 36 heavy (non-hydrogen) atoms. The second-order valence-electron chi connectivity index (χ2n) is 8.55. The molecule has 1 saturated heterocycles. The highest BCUT2D eigenvalue weighted by molar-refractivity contribution is 7.22. The molecule has 0 unspecified atom stereocenters. The number of aromatic nitrogens is 3. The molecule has 1 fully saturated rings. The van der Waals surface area contributed by atoms with Gasteiger partial charge in [0, 0.05) is 25.9 Å². The summed E-state index contributed by atoms with van der Waals surface area (Å²) >= 11 is 1.34. The van der Waals surface area contributed by atoms with Crippen molar-refractivity contribution in [3.05, 3.63) is 75.8 Å². The molecule has 5 rings (SSSR count). The van der Waals surface area contributed by atoms with Gasteiger partial charge < -0.3 is 24.5 Å². The Morgan fingerprint density at radius 1 is 1.14 bits per heavy atom. The topological polar surface area (TPSA) is 118 Å². The van der Waals surface area contributed by atoms with Crippen molar-refractivity contribution < 1.29 is 19.4 Å². The van der Waals surface area contributed by atoms with E-state index < -0.39 is 5.97 Å². The number of carboxylic acids is 1. The molecule has 9 nitrogen and oxygen atoms in total. The number of hydrogen-bond acceptors (Lipinski definition) is 8. The molecular formula is C26H26N4O5S. The summed E-state index contributed by atoms with van der Waals surface area (Å²) in [5.74, 6) is 0.791. The van der Waals surface area contributed by atoms with Crippen molar-refractivity contribution in [2.24, 2.45) is 0 Å². The lowest BCUT2D eigenvalue weighted by Gasteiger charge is -2.32. The van der Waals surface area contributed by atoms with Gasteiger partial charge in [-0.25, -0.2) is 9.78 Å². The number of piperidine rings is 1. The number of carboxylic acid groups (broad SMARTS) is 1. The first-order valence-electron chi connectivity index (χ1n) is 11.9. The highest BCUT2D eigenvalue weighted by Gasteiger charge is 2.24. The van der Waals surface area contributed by atoms with Crippen LogP contribution in [0.3, 0.4) is 0 Å². The summed E-state index contributed by atoms with van der Waals surface area (Å²) in [6, 6.07) is 14.2. The molecule has 2 aromatic carbocycles. The number of rotatable bonds is 8. The largest absolute Gasteiger partial charge is 0.490 e. The van der Waals surface area contributed by atoms with E-state index in [4.69, 9.17) is 14.6 Å². The summed E-state index contributed by atoms with van der Waals surface area (Å²) in [4.78, 5) is 37.7. The SMILES string of the molecule is CCc1ccccc1OC1CCN(c2nc3nc(COc4ccc(C(=O)O)cc4)[nH]c(=O)c3s2)CC1. The van der Waals surface area contributed by atoms with E-state index in [0.717, 1.165) is 43.2 Å². The minimum Gasteiger partial charge on any atom is -0.490 e. The number of anilines is 1. The van der Waals surface area contributed by atoms with Crippen LogP contribution in [0.4, 0.5) is 5.13 Å². The molecule has 0 radical (unpaired) electrons. The lowest BCUT2D eigenvalue weighted by atomic mass is 10.1. The van der Waals surface area contributed by atoms with Gasteiger partial charge in [0.05, 0.1) is 5.56 Å². The summed E-state index contributed by atoms with van der Waals surface area (Å²) in [6.45, 7) is 3.74. The molecule has 2 aromatic heterocycles. The number of H-pyrrole nitrogens is 1. The zero-order valence-electron chi connectivity index (χ0n) is 19.8. The zero-order chi connectivity index (χ0) is 25.1. The third-order valence-corrected chi connectivity index (χ3v) is 7.24. The summed E-state index contributed by atoms with van der Waals surface area (Å²) in [5.41, 5.74) is 1.53. The number of aromatic amines is 1. The molecule has 0 aliphatic carbocycles. The third-order valence-electron chi connectivity index (χ3n) is 6.14. The molecule has 1 aliphatic rings. The maximum absolute atomic E-state index is 12.7. The predicted molar refractivity (Wildman–Crippen MR) is 137 cm³/mol. The Kier molecular flexibility index (Phi) is 6.86. The lowest BCUT2D eigenvalue weighted by molar-refractivity contribution is 0.0697. The molecule has 0 saturated carbocycles. The van der Waals surface area contributed by atoms with Crippen molar-refractivity contribution >= 4 is 32.8 Å². The molecule has 186 valence electrons. The predicted octanol–water partition coefficient (Wildman–Crippen LogP) is 4.27. The number of ether oxygens (including phenoxy) is 2. The first-order valence-corrected chi connectivity index (χ1v) is 12.7. The monoisotopic (exact) mass is 506 g/mol. The minimum atomic E-state index is -1.00. The number of nitrogens with one attached hydrogen (secondary N) is 1. The van der Waals surface area contributed by atoms with Crippen LogP contribution >= 0.6 is 11.3 Å². The first-order chi connectivity index (χ1) is 17.5. The van der Waals surface area contributed by atoms with Crippen molar-refractivity contribution in [2.45, 2.75) is 38.9 Å². The van der Waals surface area contributed by atoms with Crippen LogP contribution in [0, 0.1) is 0 Å². The molecule has 0 atom stereocenters. The molecule has 1 aliphatic heterocycles. The highest BCUT2D eigenvalue weighted by Crippen LogP contribution is 2.30. The number of nitrogens with zero attached hydrogens (tertiary/aromatic N) is 3. The standard InChI is InChI=1S/C26H26N4O5S/c1-2-16-5-3-4-6-20(16)35-19-11-13-30(14-12-19)26-29-23-22(36-26)24(31)28-21(27-23)15-34-18-9-7-17(8-10-18)25(32)33/h3-10,19H,2,11-15H2,1H3,(H,32,33)(H,27,28,31). The third kappa shape index (κ3) is 5.18. The number of aromatic carboxylic acids is 1. The number of para-hydroxylation sites is 1. The van der Waals surface area contributed by atoms with Gasteiger partial charge >= 0.3 is 5.97 Å². The fourth-order valence-corrected chi connectivity index (χ4v) is 5.13. The van der Waals surface area contributed by atoms with Crippen LogP contribution in [0.15, 0.2) is 53.3 Å². The van der Waals surface area contributed by atoms with E-state index in [0.29, 0.717) is 21.9 Å². The van der Waals surface area contributed by atoms with Gasteiger partial charge in [0.15, 0.2) is 10.8 Å². The summed E-state index contributed by atoms with van der Waals surface area (Å²) in [6.07, 6.45) is 2.83. The van der Waals surface area contributed by atoms with E-state index in [1.165, 1.54) is 29.0 Å². The number of aryl methyl sites for hydroxylation is 1. The van der Waals surface area contributed by atoms with Crippen LogP contribution < -0.4 is 19.9 Å². The van der Waals surface area contributed by atoms with Crippen molar-refractivity contribution in [1.82, 2.24) is 15.0 Å². The van der Waals surface area contributed by atoms with Crippen LogP contribution in [0.1, 0.15) is 41.5 Å². The van der Waals surface area contributed by atoms with E-state index in [1.807, 2.05) is 18.2 Å². The van der Waals surface area contributed by atoms with Crippen LogP contribution in [-0.4, -0.2) is 45.2 Å². The number of thiazole rings is 1. The van der Waals surface area contributed by atoms with E-state index in [-0.39, 0.29) is 23.8 Å². The number of benzene rings is 2. The molecule has 0 amide bonds. The van der Waals surface area contributed by atoms with E-state index >= 15 is 0 Å². The molecule has 2 N–H and O–H groups in total. The van der Waals surface area contributed by atoms with E-state index in [1.54, 1.807) is 12.1 Å². The number of fused-ring (bicyclic) bond motifs is 1. The highest BCUT2D eigenvalue weighted by atomic mass is 32.1. The Labute approximate surface area is 211 Å². The van der Waals surface area contributed by atoms with E-state index in [9.17, 15) is 9.59 Å². The average molecular weight is 507 g/mol. The smallest absolute Gasteiger partial charge is 0.335 e. The van der Waals surface area contributed by atoms with Crippen LogP contribution in [0.5, 0.6) is 11.5 Å². The molecule has 3 heterocycles. The maximum atomic E-state index is 12.7. The molecule has 0 spiro atoms. The van der Waals surface area contributed by atoms with Gasteiger partial charge in [-0.3, -0.25) is 4.79 Å². The van der Waals surface area contributed by atoms with Crippen molar-refractivity contribution in [3.63, 3.8) is 0 Å². The average Bonchev–Trinajstić information content (AvgIpc) is 3.33. The Morgan fingerprint density at radius 2 is 1.89 bits per heavy atom. The normalized spacial score (nSPS) is 14.2. The van der Waals surface area contributed by atoms with Gasteiger partial charge in [-0.15, -0.1) is 0 Å². The van der Waals surface area contributed by atoms with Crippen LogP contribution in [0.25, 0.3) is 10.3 Å². The zero-order valence-corrected chi connectivity index (χ0v) is 20.6. The number of hydrogen-bond donors (Lipinski definition) is 2.